The molecule has 1 heterocycles. The molecule has 0 spiro atoms. The third kappa shape index (κ3) is 1.21. The molecule has 60 valence electrons. The van der Waals surface area contributed by atoms with Crippen molar-refractivity contribution in [3.63, 3.8) is 0 Å². The largest absolute Gasteiger partial charge is 0.476 e. The van der Waals surface area contributed by atoms with Crippen molar-refractivity contribution in [3.05, 3.63) is 24.2 Å². The molecule has 0 aliphatic carbocycles. The van der Waals surface area contributed by atoms with Crippen LogP contribution in [0.15, 0.2) is 22.8 Å². The lowest BCUT2D eigenvalue weighted by Gasteiger charge is -2.05. The van der Waals surface area contributed by atoms with Crippen molar-refractivity contribution < 1.29 is 23.1 Å². The lowest BCUT2D eigenvalue weighted by molar-refractivity contribution is -0.169. The average molecular weight is 162 g/mol. The summed E-state index contributed by atoms with van der Waals surface area (Å²) in [5, 5.41) is 8.00. The van der Waals surface area contributed by atoms with Gasteiger partial charge in [0, 0.05) is 0 Å². The smallest absolute Gasteiger partial charge is 0.398 e. The van der Waals surface area contributed by atoms with Gasteiger partial charge in [0.05, 0.1) is 6.26 Å². The highest BCUT2D eigenvalue weighted by atomic mass is 19.3. The molecule has 0 fully saturated rings. The van der Waals surface area contributed by atoms with E-state index in [1.54, 1.807) is 0 Å². The summed E-state index contributed by atoms with van der Waals surface area (Å²) in [5.41, 5.74) is 0. The third-order valence-electron chi connectivity index (χ3n) is 1.10. The fourth-order valence-corrected chi connectivity index (χ4v) is 0.563. The van der Waals surface area contributed by atoms with Gasteiger partial charge in [0.2, 0.25) is 0 Å². The molecule has 0 saturated carbocycles. The van der Waals surface area contributed by atoms with Crippen molar-refractivity contribution in [1.29, 1.82) is 0 Å². The standard InChI is InChI=1S/C6H4F2O3/c7-6(8,5(9)10)4-2-1-3-11-4/h1-3H,(H,9,10). The van der Waals surface area contributed by atoms with Gasteiger partial charge >= 0.3 is 11.9 Å². The SMILES string of the molecule is O=C(O)C(F)(F)c1ccco1. The molecule has 5 heteroatoms. The lowest BCUT2D eigenvalue weighted by Crippen LogP contribution is -2.24. The number of carbonyl (C=O) groups is 1. The van der Waals surface area contributed by atoms with E-state index in [-0.39, 0.29) is 0 Å². The molecule has 3 nitrogen and oxygen atoms in total. The number of hydrogen-bond acceptors (Lipinski definition) is 2. The van der Waals surface area contributed by atoms with Gasteiger partial charge < -0.3 is 9.52 Å². The topological polar surface area (TPSA) is 50.4 Å². The minimum absolute atomic E-state index is 0.856. The first-order valence-electron chi connectivity index (χ1n) is 2.70. The Bertz CT molecular complexity index is 253. The highest BCUT2D eigenvalue weighted by Gasteiger charge is 2.43. The van der Waals surface area contributed by atoms with Gasteiger partial charge in [0.25, 0.3) is 0 Å². The minimum atomic E-state index is -3.93. The Morgan fingerprint density at radius 2 is 2.27 bits per heavy atom. The van der Waals surface area contributed by atoms with E-state index in [0.29, 0.717) is 0 Å². The normalized spacial score (nSPS) is 11.5. The van der Waals surface area contributed by atoms with Crippen LogP contribution < -0.4 is 0 Å². The molecule has 0 aliphatic heterocycles. The summed E-state index contributed by atoms with van der Waals surface area (Å²) in [5.74, 6) is -7.00. The molecular formula is C6H4F2O3. The number of alkyl halides is 2. The quantitative estimate of drug-likeness (QED) is 0.716. The summed E-state index contributed by atoms with van der Waals surface area (Å²) in [6, 6.07) is 2.11. The summed E-state index contributed by atoms with van der Waals surface area (Å²) >= 11 is 0. The molecule has 0 bridgehead atoms. The molecule has 0 atom stereocenters. The van der Waals surface area contributed by atoms with Gasteiger partial charge in [-0.15, -0.1) is 0 Å². The van der Waals surface area contributed by atoms with Gasteiger partial charge in [0.1, 0.15) is 0 Å². The van der Waals surface area contributed by atoms with Gasteiger partial charge in [-0.1, -0.05) is 0 Å². The molecule has 1 aromatic rings. The minimum Gasteiger partial charge on any atom is -0.476 e. The van der Waals surface area contributed by atoms with Crippen molar-refractivity contribution in [3.8, 4) is 0 Å². The second kappa shape index (κ2) is 2.34. The van der Waals surface area contributed by atoms with Crippen LogP contribution in [0, 0.1) is 0 Å². The number of carboxylic acid groups (broad SMARTS) is 1. The van der Waals surface area contributed by atoms with E-state index in [1.165, 1.54) is 6.07 Å². The van der Waals surface area contributed by atoms with E-state index in [0.717, 1.165) is 12.3 Å². The predicted octanol–water partition coefficient (Wildman–Crippen LogP) is 1.46. The summed E-state index contributed by atoms with van der Waals surface area (Å²) in [7, 11) is 0. The Morgan fingerprint density at radius 3 is 2.64 bits per heavy atom. The average Bonchev–Trinajstić information content (AvgIpc) is 2.37. The Morgan fingerprint density at radius 1 is 1.64 bits per heavy atom. The maximum atomic E-state index is 12.4. The zero-order valence-electron chi connectivity index (χ0n) is 5.25. The number of carboxylic acids is 1. The Kier molecular flexibility index (Phi) is 1.64. The van der Waals surface area contributed by atoms with E-state index in [2.05, 4.69) is 4.42 Å². The van der Waals surface area contributed by atoms with Crippen LogP contribution in [0.25, 0.3) is 0 Å². The molecule has 1 aromatic heterocycles. The number of rotatable bonds is 2. The van der Waals surface area contributed by atoms with E-state index >= 15 is 0 Å². The monoisotopic (exact) mass is 162 g/mol. The summed E-state index contributed by atoms with van der Waals surface area (Å²) in [6.07, 6.45) is 0.992. The predicted molar refractivity (Wildman–Crippen MR) is 30.2 cm³/mol. The van der Waals surface area contributed by atoms with E-state index in [9.17, 15) is 13.6 Å². The lowest BCUT2D eigenvalue weighted by atomic mass is 10.3. The fourth-order valence-electron chi connectivity index (χ4n) is 0.563. The van der Waals surface area contributed by atoms with Crippen LogP contribution in [-0.4, -0.2) is 11.1 Å². The Balaban J connectivity index is 3.00. The fraction of sp³-hybridized carbons (Fsp3) is 0.167. The van der Waals surface area contributed by atoms with Gasteiger partial charge in [0.15, 0.2) is 5.76 Å². The van der Waals surface area contributed by atoms with Gasteiger partial charge in [-0.3, -0.25) is 0 Å². The molecular weight excluding hydrogens is 158 g/mol. The highest BCUT2D eigenvalue weighted by molar-refractivity contribution is 5.76. The molecule has 0 amide bonds. The summed E-state index contributed by atoms with van der Waals surface area (Å²) < 4.78 is 29.1. The van der Waals surface area contributed by atoms with E-state index in [4.69, 9.17) is 5.11 Å². The van der Waals surface area contributed by atoms with Crippen molar-refractivity contribution >= 4 is 5.97 Å². The van der Waals surface area contributed by atoms with Crippen LogP contribution in [-0.2, 0) is 10.7 Å². The highest BCUT2D eigenvalue weighted by Crippen LogP contribution is 2.27. The molecule has 0 aliphatic rings. The second-order valence-electron chi connectivity index (χ2n) is 1.86. The Labute approximate surface area is 60.2 Å². The van der Waals surface area contributed by atoms with Gasteiger partial charge in [-0.25, -0.2) is 4.79 Å². The first-order valence-corrected chi connectivity index (χ1v) is 2.70. The number of aliphatic carboxylic acids is 1. The zero-order chi connectivity index (χ0) is 8.48. The molecule has 11 heavy (non-hydrogen) atoms. The van der Waals surface area contributed by atoms with Crippen LogP contribution in [0.2, 0.25) is 0 Å². The first kappa shape index (κ1) is 7.71. The summed E-state index contributed by atoms with van der Waals surface area (Å²) in [4.78, 5) is 9.91. The molecule has 0 radical (unpaired) electrons. The molecule has 0 unspecified atom stereocenters. The molecule has 0 aromatic carbocycles. The van der Waals surface area contributed by atoms with Crippen LogP contribution >= 0.6 is 0 Å². The van der Waals surface area contributed by atoms with Crippen molar-refractivity contribution in [2.24, 2.45) is 0 Å². The maximum Gasteiger partial charge on any atom is 0.398 e. The zero-order valence-corrected chi connectivity index (χ0v) is 5.25. The van der Waals surface area contributed by atoms with Crippen molar-refractivity contribution in [1.82, 2.24) is 0 Å². The second-order valence-corrected chi connectivity index (χ2v) is 1.86. The first-order chi connectivity index (χ1) is 5.05. The van der Waals surface area contributed by atoms with Crippen LogP contribution in [0.4, 0.5) is 8.78 Å². The van der Waals surface area contributed by atoms with E-state index < -0.39 is 17.7 Å². The number of furan rings is 1. The molecule has 1 N–H and O–H groups in total. The Hall–Kier alpha value is -1.39. The van der Waals surface area contributed by atoms with Crippen LogP contribution in [0.1, 0.15) is 5.76 Å². The van der Waals surface area contributed by atoms with Gasteiger partial charge in [-0.2, -0.15) is 8.78 Å². The molecule has 1 rings (SSSR count). The maximum absolute atomic E-state index is 12.4. The van der Waals surface area contributed by atoms with Gasteiger partial charge in [-0.05, 0) is 12.1 Å². The third-order valence-corrected chi connectivity index (χ3v) is 1.10. The van der Waals surface area contributed by atoms with E-state index in [1.807, 2.05) is 0 Å². The van der Waals surface area contributed by atoms with Crippen molar-refractivity contribution in [2.75, 3.05) is 0 Å². The van der Waals surface area contributed by atoms with Crippen LogP contribution in [0.3, 0.4) is 0 Å². The van der Waals surface area contributed by atoms with Crippen LogP contribution in [0.5, 0.6) is 0 Å². The number of halogens is 2. The summed E-state index contributed by atoms with van der Waals surface area (Å²) in [6.45, 7) is 0. The number of hydrogen-bond donors (Lipinski definition) is 1. The molecule has 0 saturated heterocycles. The van der Waals surface area contributed by atoms with Crippen molar-refractivity contribution in [2.45, 2.75) is 5.92 Å².